The third-order valence-electron chi connectivity index (χ3n) is 3.77. The number of aromatic nitrogens is 2. The zero-order valence-corrected chi connectivity index (χ0v) is 11.4. The van der Waals surface area contributed by atoms with E-state index in [-0.39, 0.29) is 17.6 Å². The van der Waals surface area contributed by atoms with Crippen LogP contribution in [0.3, 0.4) is 0 Å². The van der Waals surface area contributed by atoms with Gasteiger partial charge in [-0.25, -0.2) is 0 Å². The van der Waals surface area contributed by atoms with E-state index in [2.05, 4.69) is 5.10 Å². The third-order valence-corrected chi connectivity index (χ3v) is 3.77. The van der Waals surface area contributed by atoms with E-state index in [9.17, 15) is 9.59 Å². The maximum absolute atomic E-state index is 12.4. The zero-order chi connectivity index (χ0) is 13.4. The molecule has 5 nitrogen and oxygen atoms in total. The number of carbonyl (C=O) groups excluding carboxylic acids is 2. The Morgan fingerprint density at radius 1 is 1.33 bits per heavy atom. The molecular formula is C13H19N3O2. The lowest BCUT2D eigenvalue weighted by Crippen LogP contribution is -2.30. The molecule has 18 heavy (non-hydrogen) atoms. The van der Waals surface area contributed by atoms with Gasteiger partial charge in [-0.2, -0.15) is 5.10 Å². The molecule has 5 heteroatoms. The van der Waals surface area contributed by atoms with Gasteiger partial charge in [0.05, 0.1) is 11.3 Å². The molecule has 1 aromatic heterocycles. The highest BCUT2D eigenvalue weighted by atomic mass is 16.2. The summed E-state index contributed by atoms with van der Waals surface area (Å²) in [7, 11) is 1.83. The molecule has 0 bridgehead atoms. The normalized spacial score (nSPS) is 19.3. The average Bonchev–Trinajstić information content (AvgIpc) is 2.85. The van der Waals surface area contributed by atoms with Gasteiger partial charge in [-0.05, 0) is 27.2 Å². The highest BCUT2D eigenvalue weighted by Gasteiger charge is 2.31. The Hall–Kier alpha value is -1.65. The smallest absolute Gasteiger partial charge is 0.257 e. The van der Waals surface area contributed by atoms with Gasteiger partial charge in [0.2, 0.25) is 0 Å². The molecule has 0 spiro atoms. The average molecular weight is 249 g/mol. The summed E-state index contributed by atoms with van der Waals surface area (Å²) in [4.78, 5) is 25.5. The van der Waals surface area contributed by atoms with E-state index in [0.29, 0.717) is 18.7 Å². The van der Waals surface area contributed by atoms with Crippen molar-refractivity contribution < 1.29 is 9.59 Å². The van der Waals surface area contributed by atoms with Crippen LogP contribution >= 0.6 is 0 Å². The number of hydrogen-bond donors (Lipinski definition) is 0. The Balaban J connectivity index is 2.20. The van der Waals surface area contributed by atoms with Gasteiger partial charge in [0.15, 0.2) is 0 Å². The highest BCUT2D eigenvalue weighted by Crippen LogP contribution is 2.22. The van der Waals surface area contributed by atoms with E-state index in [1.807, 2.05) is 20.9 Å². The van der Waals surface area contributed by atoms with Crippen molar-refractivity contribution in [2.45, 2.75) is 27.2 Å². The van der Waals surface area contributed by atoms with Crippen LogP contribution in [0.1, 0.15) is 35.1 Å². The summed E-state index contributed by atoms with van der Waals surface area (Å²) in [5.41, 5.74) is 2.32. The Labute approximate surface area is 107 Å². The number of hydrogen-bond acceptors (Lipinski definition) is 3. The minimum atomic E-state index is 0.00171. The molecule has 1 aromatic rings. The second-order valence-electron chi connectivity index (χ2n) is 5.02. The first-order valence-electron chi connectivity index (χ1n) is 6.21. The topological polar surface area (TPSA) is 55.2 Å². The van der Waals surface area contributed by atoms with E-state index in [1.165, 1.54) is 0 Å². The molecule has 1 unspecified atom stereocenters. The Kier molecular flexibility index (Phi) is 3.24. The van der Waals surface area contributed by atoms with E-state index < -0.39 is 0 Å². The minimum Gasteiger partial charge on any atom is -0.338 e. The number of amides is 1. The lowest BCUT2D eigenvalue weighted by molar-refractivity contribution is -0.120. The van der Waals surface area contributed by atoms with Crippen molar-refractivity contribution in [1.29, 1.82) is 0 Å². The second kappa shape index (κ2) is 4.55. The Morgan fingerprint density at radius 3 is 2.44 bits per heavy atom. The molecule has 1 fully saturated rings. The van der Waals surface area contributed by atoms with E-state index >= 15 is 0 Å². The molecule has 98 valence electrons. The molecule has 0 aliphatic carbocycles. The summed E-state index contributed by atoms with van der Waals surface area (Å²) >= 11 is 0. The summed E-state index contributed by atoms with van der Waals surface area (Å²) < 4.78 is 1.72. The summed E-state index contributed by atoms with van der Waals surface area (Å²) in [6.45, 7) is 6.54. The number of rotatable bonds is 2. The number of nitrogens with zero attached hydrogens (tertiary/aromatic N) is 3. The van der Waals surface area contributed by atoms with Gasteiger partial charge in [0.25, 0.3) is 5.91 Å². The van der Waals surface area contributed by atoms with Crippen molar-refractivity contribution in [2.75, 3.05) is 13.1 Å². The fourth-order valence-corrected chi connectivity index (χ4v) is 2.52. The van der Waals surface area contributed by atoms with Crippen molar-refractivity contribution >= 4 is 11.7 Å². The number of likely N-dealkylation sites (tertiary alicyclic amines) is 1. The summed E-state index contributed by atoms with van der Waals surface area (Å²) in [5.74, 6) is 0.179. The summed E-state index contributed by atoms with van der Waals surface area (Å²) in [6.07, 6.45) is 0.777. The van der Waals surface area contributed by atoms with E-state index in [1.54, 1.807) is 16.5 Å². The first-order valence-corrected chi connectivity index (χ1v) is 6.21. The predicted octanol–water partition coefficient (Wildman–Crippen LogP) is 1.09. The third kappa shape index (κ3) is 2.05. The van der Waals surface area contributed by atoms with Crippen LogP contribution < -0.4 is 0 Å². The molecule has 0 aromatic carbocycles. The molecule has 1 amide bonds. The molecule has 1 aliphatic heterocycles. The molecule has 0 N–H and O–H groups in total. The maximum atomic E-state index is 12.4. The van der Waals surface area contributed by atoms with Gasteiger partial charge in [0.1, 0.15) is 5.78 Å². The molecule has 1 atom stereocenters. The monoisotopic (exact) mass is 249 g/mol. The summed E-state index contributed by atoms with van der Waals surface area (Å²) in [5, 5.41) is 4.26. The van der Waals surface area contributed by atoms with Crippen LogP contribution in [0.15, 0.2) is 0 Å². The molecule has 0 radical (unpaired) electrons. The SMILES string of the molecule is CC(=O)C1CCN(C(=O)c2c(C)nn(C)c2C)C1. The Bertz CT molecular complexity index is 505. The van der Waals surface area contributed by atoms with Crippen LogP contribution in [-0.2, 0) is 11.8 Å². The summed E-state index contributed by atoms with van der Waals surface area (Å²) in [6, 6.07) is 0. The van der Waals surface area contributed by atoms with E-state index in [4.69, 9.17) is 0 Å². The van der Waals surface area contributed by atoms with Crippen molar-refractivity contribution in [1.82, 2.24) is 14.7 Å². The van der Waals surface area contributed by atoms with Gasteiger partial charge in [0, 0.05) is 31.7 Å². The van der Waals surface area contributed by atoms with Crippen molar-refractivity contribution in [3.63, 3.8) is 0 Å². The molecule has 1 aliphatic rings. The predicted molar refractivity (Wildman–Crippen MR) is 67.4 cm³/mol. The van der Waals surface area contributed by atoms with Gasteiger partial charge in [-0.15, -0.1) is 0 Å². The highest BCUT2D eigenvalue weighted by molar-refractivity contribution is 5.97. The molecule has 2 rings (SSSR count). The van der Waals surface area contributed by atoms with Crippen LogP contribution in [0.25, 0.3) is 0 Å². The van der Waals surface area contributed by atoms with Crippen LogP contribution in [0, 0.1) is 19.8 Å². The molecule has 1 saturated heterocycles. The van der Waals surface area contributed by atoms with Crippen LogP contribution in [0.4, 0.5) is 0 Å². The largest absolute Gasteiger partial charge is 0.338 e. The fraction of sp³-hybridized carbons (Fsp3) is 0.615. The van der Waals surface area contributed by atoms with Gasteiger partial charge < -0.3 is 4.90 Å². The number of ketones is 1. The molecule has 0 saturated carbocycles. The first kappa shape index (κ1) is 12.8. The van der Waals surface area contributed by atoms with E-state index in [0.717, 1.165) is 17.8 Å². The number of aryl methyl sites for hydroxylation is 2. The molecule has 2 heterocycles. The maximum Gasteiger partial charge on any atom is 0.257 e. The van der Waals surface area contributed by atoms with Gasteiger partial charge >= 0.3 is 0 Å². The minimum absolute atomic E-state index is 0.00171. The quantitative estimate of drug-likeness (QED) is 0.788. The first-order chi connectivity index (χ1) is 8.41. The van der Waals surface area contributed by atoms with Crippen molar-refractivity contribution in [2.24, 2.45) is 13.0 Å². The van der Waals surface area contributed by atoms with Gasteiger partial charge in [-0.3, -0.25) is 14.3 Å². The Morgan fingerprint density at radius 2 is 2.00 bits per heavy atom. The van der Waals surface area contributed by atoms with Crippen LogP contribution in [0.5, 0.6) is 0 Å². The zero-order valence-electron chi connectivity index (χ0n) is 11.4. The van der Waals surface area contributed by atoms with Gasteiger partial charge in [-0.1, -0.05) is 0 Å². The standard InChI is InChI=1S/C13H19N3O2/c1-8-12(9(2)15(4)14-8)13(18)16-6-5-11(7-16)10(3)17/h11H,5-7H2,1-4H3. The van der Waals surface area contributed by atoms with Crippen LogP contribution in [-0.4, -0.2) is 39.5 Å². The van der Waals surface area contributed by atoms with Crippen molar-refractivity contribution in [3.05, 3.63) is 17.0 Å². The second-order valence-corrected chi connectivity index (χ2v) is 5.02. The number of carbonyl (C=O) groups is 2. The van der Waals surface area contributed by atoms with Crippen LogP contribution in [0.2, 0.25) is 0 Å². The molecular weight excluding hydrogens is 230 g/mol. The fourth-order valence-electron chi connectivity index (χ4n) is 2.52. The van der Waals surface area contributed by atoms with Crippen molar-refractivity contribution in [3.8, 4) is 0 Å². The lowest BCUT2D eigenvalue weighted by Gasteiger charge is -2.16. The number of Topliss-reactive ketones (excluding diaryl/α,β-unsaturated/α-hetero) is 1. The lowest BCUT2D eigenvalue weighted by atomic mass is 10.1.